The van der Waals surface area contributed by atoms with Gasteiger partial charge in [0.1, 0.15) is 5.75 Å². The van der Waals surface area contributed by atoms with Gasteiger partial charge in [-0.1, -0.05) is 35.5 Å². The van der Waals surface area contributed by atoms with Crippen LogP contribution in [0.1, 0.15) is 34.7 Å². The maximum atomic E-state index is 12.6. The Hall–Kier alpha value is -3.15. The van der Waals surface area contributed by atoms with Crippen molar-refractivity contribution in [2.75, 3.05) is 7.11 Å². The van der Waals surface area contributed by atoms with E-state index in [1.165, 1.54) is 0 Å². The van der Waals surface area contributed by atoms with E-state index < -0.39 is 0 Å². The molecule has 0 fully saturated rings. The number of hydrogen-bond acceptors (Lipinski definition) is 4. The molecule has 6 nitrogen and oxygen atoms in total. The van der Waals surface area contributed by atoms with E-state index in [-0.39, 0.29) is 11.9 Å². The molecular formula is C19H20N4O2. The van der Waals surface area contributed by atoms with Crippen LogP contribution in [-0.2, 0) is 0 Å². The molecule has 3 rings (SSSR count). The summed E-state index contributed by atoms with van der Waals surface area (Å²) in [5, 5.41) is 11.1. The van der Waals surface area contributed by atoms with Crippen LogP contribution in [0, 0.1) is 6.92 Å². The number of aromatic nitrogens is 3. The molecule has 0 spiro atoms. The third-order valence-corrected chi connectivity index (χ3v) is 4.07. The molecule has 0 unspecified atom stereocenters. The van der Waals surface area contributed by atoms with E-state index in [2.05, 4.69) is 15.6 Å². The molecule has 1 N–H and O–H groups in total. The number of carbonyl (C=O) groups is 1. The van der Waals surface area contributed by atoms with Crippen LogP contribution in [0.15, 0.2) is 54.6 Å². The van der Waals surface area contributed by atoms with E-state index in [9.17, 15) is 4.79 Å². The fourth-order valence-electron chi connectivity index (χ4n) is 2.59. The van der Waals surface area contributed by atoms with Gasteiger partial charge in [0, 0.05) is 0 Å². The maximum Gasteiger partial charge on any atom is 0.274 e. The van der Waals surface area contributed by atoms with Crippen LogP contribution in [0.4, 0.5) is 0 Å². The lowest BCUT2D eigenvalue weighted by atomic mass is 10.1. The van der Waals surface area contributed by atoms with Gasteiger partial charge in [0.05, 0.1) is 24.5 Å². The van der Waals surface area contributed by atoms with Crippen LogP contribution < -0.4 is 10.1 Å². The largest absolute Gasteiger partial charge is 0.497 e. The lowest BCUT2D eigenvalue weighted by Crippen LogP contribution is -2.27. The van der Waals surface area contributed by atoms with Crippen LogP contribution in [0.25, 0.3) is 5.69 Å². The molecule has 0 aliphatic rings. The number of carbonyl (C=O) groups excluding carboxylic acids is 1. The highest BCUT2D eigenvalue weighted by Crippen LogP contribution is 2.18. The minimum Gasteiger partial charge on any atom is -0.497 e. The van der Waals surface area contributed by atoms with Gasteiger partial charge in [0.2, 0.25) is 0 Å². The molecule has 2 aromatic carbocycles. The predicted octanol–water partition coefficient (Wildman–Crippen LogP) is 3.08. The van der Waals surface area contributed by atoms with Crippen molar-refractivity contribution in [3.8, 4) is 11.4 Å². The molecule has 0 bridgehead atoms. The number of ether oxygens (including phenoxy) is 1. The topological polar surface area (TPSA) is 69.0 Å². The van der Waals surface area contributed by atoms with Gasteiger partial charge < -0.3 is 10.1 Å². The average molecular weight is 336 g/mol. The second-order valence-corrected chi connectivity index (χ2v) is 5.74. The van der Waals surface area contributed by atoms with E-state index in [1.807, 2.05) is 68.4 Å². The Balaban J connectivity index is 1.76. The Kier molecular flexibility index (Phi) is 4.79. The van der Waals surface area contributed by atoms with Gasteiger partial charge in [-0.05, 0) is 43.7 Å². The maximum absolute atomic E-state index is 12.6. The lowest BCUT2D eigenvalue weighted by molar-refractivity contribution is 0.0934. The average Bonchev–Trinajstić information content (AvgIpc) is 3.04. The fraction of sp³-hybridized carbons (Fsp3) is 0.211. The Labute approximate surface area is 146 Å². The highest BCUT2D eigenvalue weighted by molar-refractivity contribution is 5.93. The van der Waals surface area contributed by atoms with Crippen LogP contribution in [0.2, 0.25) is 0 Å². The second-order valence-electron chi connectivity index (χ2n) is 5.74. The number of rotatable bonds is 5. The molecule has 0 aliphatic heterocycles. The first-order chi connectivity index (χ1) is 12.1. The summed E-state index contributed by atoms with van der Waals surface area (Å²) in [6.45, 7) is 3.76. The molecule has 25 heavy (non-hydrogen) atoms. The van der Waals surface area contributed by atoms with E-state index >= 15 is 0 Å². The molecule has 0 saturated carbocycles. The summed E-state index contributed by atoms with van der Waals surface area (Å²) in [7, 11) is 1.62. The first-order valence-corrected chi connectivity index (χ1v) is 8.02. The van der Waals surface area contributed by atoms with E-state index in [4.69, 9.17) is 4.74 Å². The van der Waals surface area contributed by atoms with Crippen molar-refractivity contribution in [3.05, 3.63) is 71.5 Å². The Morgan fingerprint density at radius 1 is 1.12 bits per heavy atom. The minimum atomic E-state index is -0.247. The summed E-state index contributed by atoms with van der Waals surface area (Å²) in [6, 6.07) is 17.1. The van der Waals surface area contributed by atoms with Gasteiger partial charge in [-0.3, -0.25) is 4.79 Å². The number of nitrogens with one attached hydrogen (secondary N) is 1. The van der Waals surface area contributed by atoms with Crippen LogP contribution >= 0.6 is 0 Å². The van der Waals surface area contributed by atoms with Crippen LogP contribution in [-0.4, -0.2) is 28.0 Å². The standard InChI is InChI=1S/C19H20N4O2/c1-13(15-9-11-17(25-3)12-10-15)20-19(24)18-14(2)23(22-21-18)16-7-5-4-6-8-16/h4-13H,1-3H3,(H,20,24)/t13-/m1/s1. The molecule has 1 amide bonds. The van der Waals surface area contributed by atoms with Crippen molar-refractivity contribution < 1.29 is 9.53 Å². The predicted molar refractivity (Wildman–Crippen MR) is 95.0 cm³/mol. The SMILES string of the molecule is COc1ccc([C@@H](C)NC(=O)c2nnn(-c3ccccc3)c2C)cc1. The van der Waals surface area contributed by atoms with E-state index in [0.29, 0.717) is 11.4 Å². The number of para-hydroxylation sites is 1. The minimum absolute atomic E-state index is 0.153. The zero-order valence-corrected chi connectivity index (χ0v) is 14.4. The van der Waals surface area contributed by atoms with Gasteiger partial charge in [0.15, 0.2) is 5.69 Å². The van der Waals surface area contributed by atoms with Gasteiger partial charge >= 0.3 is 0 Å². The molecule has 1 aromatic heterocycles. The van der Waals surface area contributed by atoms with Gasteiger partial charge in [-0.15, -0.1) is 5.10 Å². The number of benzene rings is 2. The third-order valence-electron chi connectivity index (χ3n) is 4.07. The summed E-state index contributed by atoms with van der Waals surface area (Å²) >= 11 is 0. The summed E-state index contributed by atoms with van der Waals surface area (Å²) in [6.07, 6.45) is 0. The fourth-order valence-corrected chi connectivity index (χ4v) is 2.59. The van der Waals surface area contributed by atoms with Crippen molar-refractivity contribution in [1.29, 1.82) is 0 Å². The Morgan fingerprint density at radius 3 is 2.44 bits per heavy atom. The van der Waals surface area contributed by atoms with Gasteiger partial charge in [-0.2, -0.15) is 0 Å². The molecule has 128 valence electrons. The van der Waals surface area contributed by atoms with Crippen LogP contribution in [0.5, 0.6) is 5.75 Å². The quantitative estimate of drug-likeness (QED) is 0.777. The Morgan fingerprint density at radius 2 is 1.80 bits per heavy atom. The summed E-state index contributed by atoms with van der Waals surface area (Å²) < 4.78 is 6.81. The molecule has 0 aliphatic carbocycles. The van der Waals surface area contributed by atoms with Crippen molar-refractivity contribution in [1.82, 2.24) is 20.3 Å². The van der Waals surface area contributed by atoms with Crippen molar-refractivity contribution >= 4 is 5.91 Å². The number of nitrogens with zero attached hydrogens (tertiary/aromatic N) is 3. The van der Waals surface area contributed by atoms with Crippen molar-refractivity contribution in [2.45, 2.75) is 19.9 Å². The zero-order chi connectivity index (χ0) is 17.8. The smallest absolute Gasteiger partial charge is 0.274 e. The summed E-state index contributed by atoms with van der Waals surface area (Å²) in [5.41, 5.74) is 2.88. The lowest BCUT2D eigenvalue weighted by Gasteiger charge is -2.14. The third kappa shape index (κ3) is 3.52. The first-order valence-electron chi connectivity index (χ1n) is 8.02. The number of amides is 1. The van der Waals surface area contributed by atoms with Crippen molar-refractivity contribution in [2.24, 2.45) is 0 Å². The number of hydrogen-bond donors (Lipinski definition) is 1. The van der Waals surface area contributed by atoms with Crippen LogP contribution in [0.3, 0.4) is 0 Å². The van der Waals surface area contributed by atoms with E-state index in [0.717, 1.165) is 17.0 Å². The van der Waals surface area contributed by atoms with E-state index in [1.54, 1.807) is 11.8 Å². The van der Waals surface area contributed by atoms with Crippen molar-refractivity contribution in [3.63, 3.8) is 0 Å². The summed E-state index contributed by atoms with van der Waals surface area (Å²) in [4.78, 5) is 12.6. The normalized spacial score (nSPS) is 11.8. The summed E-state index contributed by atoms with van der Waals surface area (Å²) in [5.74, 6) is 0.534. The van der Waals surface area contributed by atoms with Gasteiger partial charge in [-0.25, -0.2) is 4.68 Å². The molecule has 0 radical (unpaired) electrons. The highest BCUT2D eigenvalue weighted by atomic mass is 16.5. The Bertz CT molecular complexity index is 857. The monoisotopic (exact) mass is 336 g/mol. The number of methoxy groups -OCH3 is 1. The zero-order valence-electron chi connectivity index (χ0n) is 14.4. The molecule has 6 heteroatoms. The first kappa shape index (κ1) is 16.7. The molecule has 1 atom stereocenters. The highest BCUT2D eigenvalue weighted by Gasteiger charge is 2.19. The second kappa shape index (κ2) is 7.17. The molecular weight excluding hydrogens is 316 g/mol. The van der Waals surface area contributed by atoms with Gasteiger partial charge in [0.25, 0.3) is 5.91 Å². The molecule has 0 saturated heterocycles. The molecule has 1 heterocycles. The molecule has 3 aromatic rings.